The molecule has 1 fully saturated rings. The molecular weight excluding hydrogens is 226 g/mol. The van der Waals surface area contributed by atoms with Gasteiger partial charge in [-0.05, 0) is 38.8 Å². The van der Waals surface area contributed by atoms with Crippen molar-refractivity contribution in [3.63, 3.8) is 0 Å². The van der Waals surface area contributed by atoms with Crippen molar-refractivity contribution in [2.24, 2.45) is 0 Å². The Labute approximate surface area is 108 Å². The zero-order valence-electron chi connectivity index (χ0n) is 11.1. The van der Waals surface area contributed by atoms with E-state index in [9.17, 15) is 4.79 Å². The molecule has 18 heavy (non-hydrogen) atoms. The molecule has 0 spiro atoms. The quantitative estimate of drug-likeness (QED) is 0.828. The number of rotatable bonds is 1. The highest BCUT2D eigenvalue weighted by molar-refractivity contribution is 5.95. The lowest BCUT2D eigenvalue weighted by atomic mass is 10.1. The second-order valence-corrected chi connectivity index (χ2v) is 5.12. The highest BCUT2D eigenvalue weighted by Gasteiger charge is 2.23. The first kappa shape index (κ1) is 12.9. The van der Waals surface area contributed by atoms with Crippen molar-refractivity contribution in [2.75, 3.05) is 12.3 Å². The molecule has 2 N–H and O–H groups in total. The first-order chi connectivity index (χ1) is 8.58. The number of aryl methyl sites for hydroxylation is 1. The van der Waals surface area contributed by atoms with Gasteiger partial charge in [0, 0.05) is 23.8 Å². The lowest BCUT2D eigenvalue weighted by molar-refractivity contribution is 0.0697. The molecule has 1 amide bonds. The number of hydrogen-bond donors (Lipinski definition) is 1. The SMILES string of the molecule is Cc1cc(C(=O)N2CCCCCC2C)cc(N)n1. The summed E-state index contributed by atoms with van der Waals surface area (Å²) in [6, 6.07) is 3.80. The van der Waals surface area contributed by atoms with Gasteiger partial charge in [-0.15, -0.1) is 0 Å². The minimum Gasteiger partial charge on any atom is -0.384 e. The van der Waals surface area contributed by atoms with Crippen LogP contribution in [0.2, 0.25) is 0 Å². The van der Waals surface area contributed by atoms with E-state index in [0.717, 1.165) is 25.1 Å². The predicted octanol–water partition coefficient (Wildman–Crippen LogP) is 2.38. The second kappa shape index (κ2) is 5.38. The van der Waals surface area contributed by atoms with E-state index in [1.165, 1.54) is 12.8 Å². The largest absolute Gasteiger partial charge is 0.384 e. The summed E-state index contributed by atoms with van der Waals surface area (Å²) in [6.07, 6.45) is 4.61. The van der Waals surface area contributed by atoms with E-state index in [1.54, 1.807) is 6.07 Å². The number of pyridine rings is 1. The molecule has 2 heterocycles. The van der Waals surface area contributed by atoms with Crippen LogP contribution >= 0.6 is 0 Å². The summed E-state index contributed by atoms with van der Waals surface area (Å²) in [5, 5.41) is 0. The van der Waals surface area contributed by atoms with Crippen LogP contribution in [0.25, 0.3) is 0 Å². The minimum atomic E-state index is 0.0848. The Balaban J connectivity index is 2.23. The summed E-state index contributed by atoms with van der Waals surface area (Å²) >= 11 is 0. The summed E-state index contributed by atoms with van der Waals surface area (Å²) in [7, 11) is 0. The second-order valence-electron chi connectivity index (χ2n) is 5.12. The van der Waals surface area contributed by atoms with E-state index in [0.29, 0.717) is 17.4 Å². The molecule has 1 aliphatic rings. The third-order valence-corrected chi connectivity index (χ3v) is 3.53. The van der Waals surface area contributed by atoms with Crippen LogP contribution in [0.1, 0.15) is 48.7 Å². The summed E-state index contributed by atoms with van der Waals surface area (Å²) in [5.41, 5.74) is 7.16. The summed E-state index contributed by atoms with van der Waals surface area (Å²) in [4.78, 5) is 18.6. The topological polar surface area (TPSA) is 59.2 Å². The van der Waals surface area contributed by atoms with Gasteiger partial charge in [0.15, 0.2) is 0 Å². The van der Waals surface area contributed by atoms with Crippen molar-refractivity contribution in [1.29, 1.82) is 0 Å². The molecule has 0 aliphatic carbocycles. The van der Waals surface area contributed by atoms with Gasteiger partial charge in [-0.2, -0.15) is 0 Å². The van der Waals surface area contributed by atoms with E-state index in [2.05, 4.69) is 11.9 Å². The molecule has 1 saturated heterocycles. The van der Waals surface area contributed by atoms with Crippen LogP contribution < -0.4 is 5.73 Å². The maximum atomic E-state index is 12.5. The third kappa shape index (κ3) is 2.81. The van der Waals surface area contributed by atoms with Crippen LogP contribution in [0.3, 0.4) is 0 Å². The molecule has 0 aromatic carbocycles. The molecule has 1 unspecified atom stereocenters. The first-order valence-electron chi connectivity index (χ1n) is 6.63. The van der Waals surface area contributed by atoms with Crippen LogP contribution in [0.5, 0.6) is 0 Å². The van der Waals surface area contributed by atoms with Gasteiger partial charge >= 0.3 is 0 Å². The molecule has 0 saturated carbocycles. The highest BCUT2D eigenvalue weighted by atomic mass is 16.2. The van der Waals surface area contributed by atoms with E-state index >= 15 is 0 Å². The molecule has 98 valence electrons. The van der Waals surface area contributed by atoms with E-state index in [-0.39, 0.29) is 5.91 Å². The molecular formula is C14H21N3O. The average molecular weight is 247 g/mol. The molecule has 1 aliphatic heterocycles. The normalized spacial score (nSPS) is 20.6. The van der Waals surface area contributed by atoms with E-state index in [1.807, 2.05) is 17.9 Å². The Morgan fingerprint density at radius 1 is 1.39 bits per heavy atom. The molecule has 4 heteroatoms. The number of carbonyl (C=O) groups excluding carboxylic acids is 1. The maximum absolute atomic E-state index is 12.5. The van der Waals surface area contributed by atoms with Gasteiger partial charge in [0.25, 0.3) is 5.91 Å². The summed E-state index contributed by atoms with van der Waals surface area (Å²) in [5.74, 6) is 0.502. The first-order valence-corrected chi connectivity index (χ1v) is 6.63. The Morgan fingerprint density at radius 3 is 2.89 bits per heavy atom. The summed E-state index contributed by atoms with van der Waals surface area (Å²) in [6.45, 7) is 4.83. The number of anilines is 1. The zero-order chi connectivity index (χ0) is 13.1. The molecule has 1 aromatic heterocycles. The fourth-order valence-electron chi connectivity index (χ4n) is 2.56. The van der Waals surface area contributed by atoms with Crippen molar-refractivity contribution in [1.82, 2.24) is 9.88 Å². The lowest BCUT2D eigenvalue weighted by Gasteiger charge is -2.27. The monoisotopic (exact) mass is 247 g/mol. The smallest absolute Gasteiger partial charge is 0.254 e. The number of nitrogens with zero attached hydrogens (tertiary/aromatic N) is 2. The van der Waals surface area contributed by atoms with Gasteiger partial charge in [0.05, 0.1) is 0 Å². The number of likely N-dealkylation sites (tertiary alicyclic amines) is 1. The highest BCUT2D eigenvalue weighted by Crippen LogP contribution is 2.19. The lowest BCUT2D eigenvalue weighted by Crippen LogP contribution is -2.38. The predicted molar refractivity (Wildman–Crippen MR) is 72.4 cm³/mol. The van der Waals surface area contributed by atoms with Crippen LogP contribution in [0, 0.1) is 6.92 Å². The number of nitrogens with two attached hydrogens (primary N) is 1. The Morgan fingerprint density at radius 2 is 2.17 bits per heavy atom. The van der Waals surface area contributed by atoms with Crippen molar-refractivity contribution >= 4 is 11.7 Å². The van der Waals surface area contributed by atoms with Crippen LogP contribution in [0.15, 0.2) is 12.1 Å². The fraction of sp³-hybridized carbons (Fsp3) is 0.571. The van der Waals surface area contributed by atoms with Crippen LogP contribution in [-0.2, 0) is 0 Å². The van der Waals surface area contributed by atoms with Gasteiger partial charge in [0.2, 0.25) is 0 Å². The molecule has 1 atom stereocenters. The third-order valence-electron chi connectivity index (χ3n) is 3.53. The summed E-state index contributed by atoms with van der Waals surface area (Å²) < 4.78 is 0. The number of amides is 1. The Kier molecular flexibility index (Phi) is 3.84. The molecule has 0 radical (unpaired) electrons. The zero-order valence-corrected chi connectivity index (χ0v) is 11.1. The molecule has 4 nitrogen and oxygen atoms in total. The standard InChI is InChI=1S/C14H21N3O/c1-10-8-12(9-13(15)16-10)14(18)17-7-5-3-4-6-11(17)2/h8-9,11H,3-7H2,1-2H3,(H2,15,16). The van der Waals surface area contributed by atoms with Gasteiger partial charge < -0.3 is 10.6 Å². The Hall–Kier alpha value is -1.58. The number of hydrogen-bond acceptors (Lipinski definition) is 3. The number of nitrogen functional groups attached to an aromatic ring is 1. The maximum Gasteiger partial charge on any atom is 0.254 e. The number of aromatic nitrogens is 1. The van der Waals surface area contributed by atoms with Crippen molar-refractivity contribution in [2.45, 2.75) is 45.6 Å². The number of carbonyl (C=O) groups is 1. The minimum absolute atomic E-state index is 0.0848. The van der Waals surface area contributed by atoms with Gasteiger partial charge in [-0.25, -0.2) is 4.98 Å². The average Bonchev–Trinajstić information content (AvgIpc) is 2.51. The van der Waals surface area contributed by atoms with E-state index in [4.69, 9.17) is 5.73 Å². The van der Waals surface area contributed by atoms with Gasteiger partial charge in [0.1, 0.15) is 5.82 Å². The van der Waals surface area contributed by atoms with Crippen molar-refractivity contribution < 1.29 is 4.79 Å². The van der Waals surface area contributed by atoms with Crippen molar-refractivity contribution in [3.05, 3.63) is 23.4 Å². The van der Waals surface area contributed by atoms with Gasteiger partial charge in [-0.3, -0.25) is 4.79 Å². The molecule has 0 bridgehead atoms. The molecule has 2 rings (SSSR count). The van der Waals surface area contributed by atoms with Crippen molar-refractivity contribution in [3.8, 4) is 0 Å². The van der Waals surface area contributed by atoms with Crippen LogP contribution in [-0.4, -0.2) is 28.4 Å². The van der Waals surface area contributed by atoms with Crippen LogP contribution in [0.4, 0.5) is 5.82 Å². The fourth-order valence-corrected chi connectivity index (χ4v) is 2.56. The van der Waals surface area contributed by atoms with Gasteiger partial charge in [-0.1, -0.05) is 12.8 Å². The Bertz CT molecular complexity index is 424. The van der Waals surface area contributed by atoms with E-state index < -0.39 is 0 Å². The molecule has 1 aromatic rings.